The van der Waals surface area contributed by atoms with Crippen LogP contribution in [0.4, 0.5) is 0 Å². The molecular formula is C47H98Cl2N4O3. The highest BCUT2D eigenvalue weighted by molar-refractivity contribution is 5.76. The molecule has 338 valence electrons. The highest BCUT2D eigenvalue weighted by atomic mass is 35.5. The quantitative estimate of drug-likeness (QED) is 0.0581. The van der Waals surface area contributed by atoms with Crippen molar-refractivity contribution in [1.29, 1.82) is 0 Å². The summed E-state index contributed by atoms with van der Waals surface area (Å²) < 4.78 is 1.48. The summed E-state index contributed by atoms with van der Waals surface area (Å²) in [7, 11) is 8.70. The number of nitrogens with one attached hydrogen (secondary N) is 2. The van der Waals surface area contributed by atoms with Crippen LogP contribution in [0.5, 0.6) is 0 Å². The molecule has 3 N–H and O–H groups in total. The van der Waals surface area contributed by atoms with Gasteiger partial charge in [-0.1, -0.05) is 181 Å². The molecule has 9 heteroatoms. The van der Waals surface area contributed by atoms with E-state index < -0.39 is 0 Å². The van der Waals surface area contributed by atoms with Crippen molar-refractivity contribution in [3.05, 3.63) is 0 Å². The fraction of sp³-hybridized carbons (Fsp3) is 0.957. The lowest BCUT2D eigenvalue weighted by molar-refractivity contribution is -0.914. The van der Waals surface area contributed by atoms with Crippen molar-refractivity contribution in [1.82, 2.24) is 10.6 Å². The first-order chi connectivity index (χ1) is 26.0. The van der Waals surface area contributed by atoms with Gasteiger partial charge in [-0.25, -0.2) is 0 Å². The van der Waals surface area contributed by atoms with Gasteiger partial charge in [-0.05, 0) is 12.8 Å². The van der Waals surface area contributed by atoms with Crippen molar-refractivity contribution in [3.63, 3.8) is 0 Å². The Morgan fingerprint density at radius 3 is 0.893 bits per heavy atom. The summed E-state index contributed by atoms with van der Waals surface area (Å²) in [4.78, 5) is 24.7. The van der Waals surface area contributed by atoms with Gasteiger partial charge >= 0.3 is 0 Å². The third-order valence-electron chi connectivity index (χ3n) is 11.4. The molecule has 56 heavy (non-hydrogen) atoms. The van der Waals surface area contributed by atoms with Gasteiger partial charge in [0.05, 0.1) is 41.3 Å². The first-order valence-corrected chi connectivity index (χ1v) is 23.9. The number of hydrogen-bond donors (Lipinski definition) is 3. The molecule has 0 atom stereocenters. The van der Waals surface area contributed by atoms with E-state index in [0.717, 1.165) is 60.6 Å². The van der Waals surface area contributed by atoms with Gasteiger partial charge in [0.1, 0.15) is 13.1 Å². The Kier molecular flexibility index (Phi) is 45.3. The largest absolute Gasteiger partial charge is 1.00 e. The van der Waals surface area contributed by atoms with Crippen LogP contribution in [-0.4, -0.2) is 99.5 Å². The zero-order valence-electron chi connectivity index (χ0n) is 38.4. The summed E-state index contributed by atoms with van der Waals surface area (Å²) in [5.74, 6) is 0.369. The van der Waals surface area contributed by atoms with Crippen LogP contribution in [-0.2, 0) is 9.59 Å². The maximum absolute atomic E-state index is 12.3. The molecule has 0 unspecified atom stereocenters. The first kappa shape index (κ1) is 59.7. The Labute approximate surface area is 362 Å². The second kappa shape index (κ2) is 42.5. The molecule has 0 radical (unpaired) electrons. The molecule has 0 aromatic rings. The Hall–Kier alpha value is -0.600. The van der Waals surface area contributed by atoms with E-state index >= 15 is 0 Å². The monoisotopic (exact) mass is 837 g/mol. The molecule has 0 rings (SSSR count). The lowest BCUT2D eigenvalue weighted by Crippen LogP contribution is -3.00. The number of nitrogens with zero attached hydrogens (tertiary/aromatic N) is 2. The van der Waals surface area contributed by atoms with Crippen molar-refractivity contribution in [3.8, 4) is 0 Å². The highest BCUT2D eigenvalue weighted by Gasteiger charge is 2.27. The molecule has 0 bridgehead atoms. The number of hydrogen-bond acceptors (Lipinski definition) is 3. The predicted octanol–water partition coefficient (Wildman–Crippen LogP) is 5.26. The van der Waals surface area contributed by atoms with Crippen molar-refractivity contribution in [2.24, 2.45) is 0 Å². The van der Waals surface area contributed by atoms with Gasteiger partial charge < -0.3 is 49.5 Å². The van der Waals surface area contributed by atoms with Gasteiger partial charge in [0.15, 0.2) is 6.10 Å². The SMILES string of the molecule is CCCCCCCCCCCCCCCCC(=O)NCCC[N+](C)(C)CC(O)C[N+](C)(C)CCCNC(=O)CCCCCCCCCCCCCCCC.[Cl-].[Cl-]. The standard InChI is InChI=1S/C47H96N4O3.2ClH/c1-7-9-11-13-15-17-19-21-23-25-27-29-31-33-37-46(53)48-39-35-41-50(3,4)43-45(52)44-51(5,6)42-36-40-49-47(54)38-34-32-30-28-26-24-22-20-18-16-14-12-10-8-2;;/h45,52H,7-44H2,1-6H3;2*1H. The smallest absolute Gasteiger partial charge is 0.219 e. The topological polar surface area (TPSA) is 78.4 Å². The summed E-state index contributed by atoms with van der Waals surface area (Å²) in [6.45, 7) is 9.23. The Balaban J connectivity index is -0.0000140. The number of amides is 2. The summed E-state index contributed by atoms with van der Waals surface area (Å²) in [6.07, 6.45) is 40.0. The third-order valence-corrected chi connectivity index (χ3v) is 11.4. The molecule has 0 aliphatic carbocycles. The average Bonchev–Trinajstić information content (AvgIpc) is 3.11. The number of halogens is 2. The van der Waals surface area contributed by atoms with Gasteiger partial charge in [0.2, 0.25) is 11.8 Å². The van der Waals surface area contributed by atoms with E-state index in [1.807, 2.05) is 0 Å². The van der Waals surface area contributed by atoms with Gasteiger partial charge in [-0.15, -0.1) is 0 Å². The van der Waals surface area contributed by atoms with Crippen LogP contribution in [0, 0.1) is 0 Å². The van der Waals surface area contributed by atoms with E-state index in [-0.39, 0.29) is 42.7 Å². The number of quaternary nitrogens is 2. The zero-order valence-corrected chi connectivity index (χ0v) is 39.9. The number of carbonyl (C=O) groups excluding carboxylic acids is 2. The van der Waals surface area contributed by atoms with Gasteiger partial charge in [-0.3, -0.25) is 9.59 Å². The second-order valence-corrected chi connectivity index (χ2v) is 18.4. The van der Waals surface area contributed by atoms with Crippen LogP contribution in [0.25, 0.3) is 0 Å². The van der Waals surface area contributed by atoms with Gasteiger partial charge in [0.25, 0.3) is 0 Å². The predicted molar refractivity (Wildman–Crippen MR) is 235 cm³/mol. The van der Waals surface area contributed by atoms with Crippen molar-refractivity contribution < 1.29 is 48.5 Å². The van der Waals surface area contributed by atoms with Crippen LogP contribution in [0.1, 0.15) is 219 Å². The summed E-state index contributed by atoms with van der Waals surface area (Å²) in [5, 5.41) is 17.2. The molecule has 0 fully saturated rings. The minimum atomic E-state index is -0.389. The number of aliphatic hydroxyl groups excluding tert-OH is 1. The van der Waals surface area contributed by atoms with Gasteiger partial charge in [0, 0.05) is 38.8 Å². The van der Waals surface area contributed by atoms with Crippen LogP contribution in [0.2, 0.25) is 0 Å². The van der Waals surface area contributed by atoms with E-state index in [0.29, 0.717) is 39.0 Å². The van der Waals surface area contributed by atoms with Crippen LogP contribution in [0.15, 0.2) is 0 Å². The van der Waals surface area contributed by atoms with Crippen molar-refractivity contribution in [2.45, 2.75) is 225 Å². The number of likely N-dealkylation sites (N-methyl/N-ethyl adjacent to an activating group) is 2. The molecule has 0 spiro atoms. The van der Waals surface area contributed by atoms with Crippen LogP contribution in [0.3, 0.4) is 0 Å². The molecule has 0 aromatic heterocycles. The van der Waals surface area contributed by atoms with E-state index in [9.17, 15) is 14.7 Å². The molecule has 0 saturated heterocycles. The van der Waals surface area contributed by atoms with E-state index in [2.05, 4.69) is 52.7 Å². The molecule has 0 saturated carbocycles. The fourth-order valence-corrected chi connectivity index (χ4v) is 7.99. The lowest BCUT2D eigenvalue weighted by atomic mass is 10.0. The first-order valence-electron chi connectivity index (χ1n) is 23.9. The van der Waals surface area contributed by atoms with E-state index in [1.165, 1.54) is 154 Å². The summed E-state index contributed by atoms with van der Waals surface area (Å²) >= 11 is 0. The maximum Gasteiger partial charge on any atom is 0.219 e. The summed E-state index contributed by atoms with van der Waals surface area (Å²) in [6, 6.07) is 0. The highest BCUT2D eigenvalue weighted by Crippen LogP contribution is 2.15. The van der Waals surface area contributed by atoms with Crippen molar-refractivity contribution in [2.75, 3.05) is 67.5 Å². The van der Waals surface area contributed by atoms with Gasteiger partial charge in [-0.2, -0.15) is 0 Å². The average molecular weight is 838 g/mol. The molecule has 0 aliphatic heterocycles. The third kappa shape index (κ3) is 44.5. The Morgan fingerprint density at radius 1 is 0.411 bits per heavy atom. The fourth-order valence-electron chi connectivity index (χ4n) is 7.99. The normalized spacial score (nSPS) is 11.7. The summed E-state index contributed by atoms with van der Waals surface area (Å²) in [5.41, 5.74) is 0. The molecular weight excluding hydrogens is 739 g/mol. The molecule has 0 aromatic carbocycles. The van der Waals surface area contributed by atoms with E-state index in [4.69, 9.17) is 0 Å². The molecule has 0 heterocycles. The maximum atomic E-state index is 12.3. The Morgan fingerprint density at radius 2 is 0.643 bits per heavy atom. The van der Waals surface area contributed by atoms with Crippen molar-refractivity contribution >= 4 is 11.8 Å². The number of rotatable bonds is 42. The lowest BCUT2D eigenvalue weighted by Gasteiger charge is -2.36. The van der Waals surface area contributed by atoms with Crippen LogP contribution < -0.4 is 35.4 Å². The Bertz CT molecular complexity index is 780. The van der Waals surface area contributed by atoms with Crippen LogP contribution >= 0.6 is 0 Å². The second-order valence-electron chi connectivity index (χ2n) is 18.4. The number of carbonyl (C=O) groups is 2. The minimum Gasteiger partial charge on any atom is -1.00 e. The number of unbranched alkanes of at least 4 members (excludes halogenated alkanes) is 26. The van der Waals surface area contributed by atoms with E-state index in [1.54, 1.807) is 0 Å². The zero-order chi connectivity index (χ0) is 40.0. The molecule has 7 nitrogen and oxygen atoms in total. The molecule has 2 amide bonds. The number of aliphatic hydroxyl groups is 1. The molecule has 0 aliphatic rings. The minimum absolute atomic E-state index is 0.